The molecular formula is C14H20FNO2. The lowest BCUT2D eigenvalue weighted by Crippen LogP contribution is -2.30. The Balaban J connectivity index is 2.30. The lowest BCUT2D eigenvalue weighted by atomic mass is 10.1. The van der Waals surface area contributed by atoms with E-state index >= 15 is 0 Å². The summed E-state index contributed by atoms with van der Waals surface area (Å²) in [4.78, 5) is 13.7. The highest BCUT2D eigenvalue weighted by molar-refractivity contribution is 5.82. The molecule has 0 bridgehead atoms. The molecule has 18 heavy (non-hydrogen) atoms. The lowest BCUT2D eigenvalue weighted by molar-refractivity contribution is -0.119. The third-order valence-electron chi connectivity index (χ3n) is 2.58. The Morgan fingerprint density at radius 1 is 1.33 bits per heavy atom. The number of carbonyl (C=O) groups is 1. The van der Waals surface area contributed by atoms with Crippen molar-refractivity contribution in [2.45, 2.75) is 13.3 Å². The summed E-state index contributed by atoms with van der Waals surface area (Å²) in [5.41, 5.74) is 0.847. The van der Waals surface area contributed by atoms with E-state index in [0.717, 1.165) is 12.1 Å². The number of carbonyl (C=O) groups excluding carboxylic acids is 1. The third-order valence-corrected chi connectivity index (χ3v) is 2.58. The molecule has 0 aromatic heterocycles. The standard InChI is InChI=1S/C14H20FNO2/c1-3-18-9-8-16(2)11-14(17)10-12-4-6-13(15)7-5-12/h4-7H,3,8-11H2,1-2H3. The number of Topliss-reactive ketones (excluding diaryl/α,β-unsaturated/α-hetero) is 1. The van der Waals surface area contributed by atoms with Crippen LogP contribution in [0.1, 0.15) is 12.5 Å². The van der Waals surface area contributed by atoms with E-state index in [1.807, 2.05) is 18.9 Å². The van der Waals surface area contributed by atoms with Gasteiger partial charge in [0.05, 0.1) is 13.2 Å². The largest absolute Gasteiger partial charge is 0.380 e. The molecule has 4 heteroatoms. The first-order valence-corrected chi connectivity index (χ1v) is 6.14. The summed E-state index contributed by atoms with van der Waals surface area (Å²) >= 11 is 0. The second-order valence-corrected chi connectivity index (χ2v) is 4.28. The fraction of sp³-hybridized carbons (Fsp3) is 0.500. The minimum atomic E-state index is -0.278. The van der Waals surface area contributed by atoms with E-state index in [4.69, 9.17) is 4.74 Å². The maximum Gasteiger partial charge on any atom is 0.151 e. The molecule has 0 amide bonds. The molecule has 3 nitrogen and oxygen atoms in total. The average Bonchev–Trinajstić information content (AvgIpc) is 2.32. The van der Waals surface area contributed by atoms with E-state index in [9.17, 15) is 9.18 Å². The maximum absolute atomic E-state index is 12.7. The van der Waals surface area contributed by atoms with E-state index in [1.165, 1.54) is 12.1 Å². The monoisotopic (exact) mass is 253 g/mol. The van der Waals surface area contributed by atoms with Crippen molar-refractivity contribution in [3.8, 4) is 0 Å². The van der Waals surface area contributed by atoms with Crippen LogP contribution >= 0.6 is 0 Å². The van der Waals surface area contributed by atoms with Crippen LogP contribution in [0.3, 0.4) is 0 Å². The van der Waals surface area contributed by atoms with Crippen molar-refractivity contribution >= 4 is 5.78 Å². The molecule has 0 saturated heterocycles. The average molecular weight is 253 g/mol. The van der Waals surface area contributed by atoms with Gasteiger partial charge in [-0.3, -0.25) is 9.69 Å². The van der Waals surface area contributed by atoms with Crippen LogP contribution in [0.2, 0.25) is 0 Å². The summed E-state index contributed by atoms with van der Waals surface area (Å²) in [5, 5.41) is 0. The topological polar surface area (TPSA) is 29.5 Å². The summed E-state index contributed by atoms with van der Waals surface area (Å²) in [6.07, 6.45) is 0.346. The van der Waals surface area contributed by atoms with Crippen LogP contribution < -0.4 is 0 Å². The molecule has 0 atom stereocenters. The fourth-order valence-corrected chi connectivity index (χ4v) is 1.63. The Kier molecular flexibility index (Phi) is 6.54. The molecule has 0 N–H and O–H groups in total. The number of rotatable bonds is 8. The van der Waals surface area contributed by atoms with Gasteiger partial charge in [0, 0.05) is 19.6 Å². The van der Waals surface area contributed by atoms with Gasteiger partial charge in [-0.25, -0.2) is 4.39 Å². The Morgan fingerprint density at radius 3 is 2.61 bits per heavy atom. The number of ether oxygens (including phenoxy) is 1. The summed E-state index contributed by atoms with van der Waals surface area (Å²) in [5.74, 6) is -0.152. The quantitative estimate of drug-likeness (QED) is 0.663. The number of hydrogen-bond donors (Lipinski definition) is 0. The second-order valence-electron chi connectivity index (χ2n) is 4.28. The molecule has 0 aliphatic carbocycles. The maximum atomic E-state index is 12.7. The zero-order valence-corrected chi connectivity index (χ0v) is 11.0. The Morgan fingerprint density at radius 2 is 2.00 bits per heavy atom. The zero-order valence-electron chi connectivity index (χ0n) is 11.0. The molecule has 0 aliphatic heterocycles. The first-order chi connectivity index (χ1) is 8.61. The first-order valence-electron chi connectivity index (χ1n) is 6.14. The molecule has 0 saturated carbocycles. The van der Waals surface area contributed by atoms with Crippen molar-refractivity contribution in [1.82, 2.24) is 4.90 Å². The number of hydrogen-bond acceptors (Lipinski definition) is 3. The number of halogens is 1. The smallest absolute Gasteiger partial charge is 0.151 e. The van der Waals surface area contributed by atoms with Gasteiger partial charge < -0.3 is 4.74 Å². The number of ketones is 1. The SMILES string of the molecule is CCOCCN(C)CC(=O)Cc1ccc(F)cc1. The molecule has 1 aromatic rings. The molecule has 1 rings (SSSR count). The highest BCUT2D eigenvalue weighted by Gasteiger charge is 2.07. The number of benzene rings is 1. The van der Waals surface area contributed by atoms with Gasteiger partial charge in [0.25, 0.3) is 0 Å². The molecular weight excluding hydrogens is 233 g/mol. The van der Waals surface area contributed by atoms with Crippen molar-refractivity contribution in [1.29, 1.82) is 0 Å². The highest BCUT2D eigenvalue weighted by atomic mass is 19.1. The molecule has 0 heterocycles. The summed E-state index contributed by atoms with van der Waals surface area (Å²) in [6, 6.07) is 6.05. The first kappa shape index (κ1) is 14.8. The molecule has 100 valence electrons. The van der Waals surface area contributed by atoms with Crippen LogP contribution in [-0.2, 0) is 16.0 Å². The van der Waals surface area contributed by atoms with Gasteiger partial charge in [0.15, 0.2) is 5.78 Å². The van der Waals surface area contributed by atoms with Crippen molar-refractivity contribution in [3.63, 3.8) is 0 Å². The van der Waals surface area contributed by atoms with Crippen LogP contribution in [0.15, 0.2) is 24.3 Å². The Labute approximate surface area is 108 Å². The van der Waals surface area contributed by atoms with Gasteiger partial charge in [-0.15, -0.1) is 0 Å². The lowest BCUT2D eigenvalue weighted by Gasteiger charge is -2.15. The molecule has 1 aromatic carbocycles. The highest BCUT2D eigenvalue weighted by Crippen LogP contribution is 2.04. The summed E-state index contributed by atoms with van der Waals surface area (Å²) in [6.45, 7) is 4.40. The minimum Gasteiger partial charge on any atom is -0.380 e. The van der Waals surface area contributed by atoms with Crippen LogP contribution in [-0.4, -0.2) is 44.0 Å². The summed E-state index contributed by atoms with van der Waals surface area (Å²) < 4.78 is 17.9. The normalized spacial score (nSPS) is 10.9. The zero-order chi connectivity index (χ0) is 13.4. The van der Waals surface area contributed by atoms with Gasteiger partial charge in [0.1, 0.15) is 5.82 Å². The van der Waals surface area contributed by atoms with E-state index in [1.54, 1.807) is 12.1 Å². The Hall–Kier alpha value is -1.26. The van der Waals surface area contributed by atoms with Crippen molar-refractivity contribution < 1.29 is 13.9 Å². The van der Waals surface area contributed by atoms with Gasteiger partial charge in [-0.1, -0.05) is 12.1 Å². The predicted molar refractivity (Wildman–Crippen MR) is 69.1 cm³/mol. The minimum absolute atomic E-state index is 0.126. The van der Waals surface area contributed by atoms with Gasteiger partial charge >= 0.3 is 0 Å². The molecule has 0 spiro atoms. The molecule has 0 fully saturated rings. The number of likely N-dealkylation sites (N-methyl/N-ethyl adjacent to an activating group) is 1. The molecule has 0 aliphatic rings. The van der Waals surface area contributed by atoms with Crippen LogP contribution in [0.25, 0.3) is 0 Å². The Bertz CT molecular complexity index is 365. The second kappa shape index (κ2) is 7.95. The van der Waals surface area contributed by atoms with Crippen molar-refractivity contribution in [3.05, 3.63) is 35.6 Å². The van der Waals surface area contributed by atoms with E-state index in [2.05, 4.69) is 0 Å². The number of nitrogens with zero attached hydrogens (tertiary/aromatic N) is 1. The van der Waals surface area contributed by atoms with Crippen molar-refractivity contribution in [2.75, 3.05) is 33.4 Å². The fourth-order valence-electron chi connectivity index (χ4n) is 1.63. The third kappa shape index (κ3) is 5.89. The van der Waals surface area contributed by atoms with Crippen LogP contribution in [0, 0.1) is 5.82 Å². The van der Waals surface area contributed by atoms with Gasteiger partial charge in [-0.05, 0) is 31.7 Å². The predicted octanol–water partition coefficient (Wildman–Crippen LogP) is 1.91. The molecule has 0 radical (unpaired) electrons. The van der Waals surface area contributed by atoms with Gasteiger partial charge in [0.2, 0.25) is 0 Å². The van der Waals surface area contributed by atoms with Crippen molar-refractivity contribution in [2.24, 2.45) is 0 Å². The summed E-state index contributed by atoms with van der Waals surface area (Å²) in [7, 11) is 1.89. The van der Waals surface area contributed by atoms with Crippen LogP contribution in [0.5, 0.6) is 0 Å². The van der Waals surface area contributed by atoms with E-state index < -0.39 is 0 Å². The van der Waals surface area contributed by atoms with Gasteiger partial charge in [-0.2, -0.15) is 0 Å². The molecule has 0 unspecified atom stereocenters. The van der Waals surface area contributed by atoms with Crippen LogP contribution in [0.4, 0.5) is 4.39 Å². The van der Waals surface area contributed by atoms with E-state index in [0.29, 0.717) is 26.2 Å². The van der Waals surface area contributed by atoms with E-state index in [-0.39, 0.29) is 11.6 Å².